The molecule has 1 nitrogen and oxygen atoms in total. The maximum atomic E-state index is 12.1. The Balaban J connectivity index is 2.54. The van der Waals surface area contributed by atoms with E-state index in [0.717, 1.165) is 12.8 Å². The highest BCUT2D eigenvalue weighted by Gasteiger charge is 2.42. The van der Waals surface area contributed by atoms with E-state index in [-0.39, 0.29) is 11.2 Å². The smallest absolute Gasteiger partial charge is 0.165 e. The Kier molecular flexibility index (Phi) is 2.78. The Morgan fingerprint density at radius 2 is 2.12 bits per heavy atom. The molecule has 1 atom stereocenters. The number of benzene rings is 1. The van der Waals surface area contributed by atoms with Crippen LogP contribution in [-0.4, -0.2) is 5.78 Å². The van der Waals surface area contributed by atoms with E-state index < -0.39 is 0 Å². The number of allylic oxidation sites excluding steroid dienone is 2. The van der Waals surface area contributed by atoms with E-state index >= 15 is 0 Å². The zero-order valence-electron chi connectivity index (χ0n) is 9.41. The minimum Gasteiger partial charge on any atom is -0.294 e. The molecule has 1 aromatic rings. The third-order valence-electron chi connectivity index (χ3n) is 3.50. The molecule has 82 valence electrons. The molecule has 1 aromatic carbocycles. The van der Waals surface area contributed by atoms with E-state index in [1.165, 1.54) is 17.2 Å². The van der Waals surface area contributed by atoms with E-state index in [4.69, 9.17) is 0 Å². The molecule has 0 saturated heterocycles. The number of ketones is 1. The summed E-state index contributed by atoms with van der Waals surface area (Å²) in [6.45, 7) is 7.39. The standard InChI is InChI=1S/C15H16O/c1-3-10-15(14(16)4-2)11-9-12-7-5-6-8-13(12)15/h3-8H,1-2,9-11H2. The summed E-state index contributed by atoms with van der Waals surface area (Å²) in [5.74, 6) is 0.123. The van der Waals surface area contributed by atoms with Gasteiger partial charge in [0.2, 0.25) is 0 Å². The average Bonchev–Trinajstić information content (AvgIpc) is 2.69. The van der Waals surface area contributed by atoms with Crippen molar-refractivity contribution in [1.29, 1.82) is 0 Å². The molecule has 1 unspecified atom stereocenters. The molecule has 0 N–H and O–H groups in total. The van der Waals surface area contributed by atoms with Gasteiger partial charge in [-0.1, -0.05) is 36.9 Å². The number of hydrogen-bond donors (Lipinski definition) is 0. The van der Waals surface area contributed by atoms with Crippen LogP contribution in [0.4, 0.5) is 0 Å². The minimum absolute atomic E-state index is 0.123. The Morgan fingerprint density at radius 1 is 1.38 bits per heavy atom. The number of rotatable bonds is 4. The van der Waals surface area contributed by atoms with Gasteiger partial charge in [-0.05, 0) is 36.5 Å². The fourth-order valence-electron chi connectivity index (χ4n) is 2.70. The number of hydrogen-bond acceptors (Lipinski definition) is 1. The third-order valence-corrected chi connectivity index (χ3v) is 3.50. The summed E-state index contributed by atoms with van der Waals surface area (Å²) in [6, 6.07) is 8.20. The number of fused-ring (bicyclic) bond motifs is 1. The maximum Gasteiger partial charge on any atom is 0.165 e. The second kappa shape index (κ2) is 4.09. The molecular weight excluding hydrogens is 196 g/mol. The highest BCUT2D eigenvalue weighted by Crippen LogP contribution is 2.42. The number of carbonyl (C=O) groups excluding carboxylic acids is 1. The molecule has 0 amide bonds. The molecule has 0 saturated carbocycles. The zero-order chi connectivity index (χ0) is 11.6. The summed E-state index contributed by atoms with van der Waals surface area (Å²) >= 11 is 0. The first kappa shape index (κ1) is 10.9. The van der Waals surface area contributed by atoms with Crippen LogP contribution >= 0.6 is 0 Å². The normalized spacial score (nSPS) is 22.5. The lowest BCUT2D eigenvalue weighted by Crippen LogP contribution is -2.31. The van der Waals surface area contributed by atoms with E-state index in [0.29, 0.717) is 6.42 Å². The lowest BCUT2D eigenvalue weighted by atomic mass is 9.75. The largest absolute Gasteiger partial charge is 0.294 e. The van der Waals surface area contributed by atoms with Gasteiger partial charge in [-0.15, -0.1) is 6.58 Å². The van der Waals surface area contributed by atoms with Gasteiger partial charge in [-0.25, -0.2) is 0 Å². The van der Waals surface area contributed by atoms with Crippen molar-refractivity contribution >= 4 is 5.78 Å². The second-order valence-corrected chi connectivity index (χ2v) is 4.30. The third kappa shape index (κ3) is 1.44. The van der Waals surface area contributed by atoms with Gasteiger partial charge in [-0.3, -0.25) is 4.79 Å². The summed E-state index contributed by atoms with van der Waals surface area (Å²) in [6.07, 6.45) is 5.84. The molecule has 0 heterocycles. The summed E-state index contributed by atoms with van der Waals surface area (Å²) < 4.78 is 0. The van der Waals surface area contributed by atoms with Crippen LogP contribution in [-0.2, 0) is 16.6 Å². The van der Waals surface area contributed by atoms with Crippen LogP contribution in [0.1, 0.15) is 24.0 Å². The van der Waals surface area contributed by atoms with Gasteiger partial charge in [0.25, 0.3) is 0 Å². The quantitative estimate of drug-likeness (QED) is 0.553. The topological polar surface area (TPSA) is 17.1 Å². The van der Waals surface area contributed by atoms with Crippen LogP contribution < -0.4 is 0 Å². The first-order valence-corrected chi connectivity index (χ1v) is 5.61. The molecule has 0 radical (unpaired) electrons. The van der Waals surface area contributed by atoms with E-state index in [1.54, 1.807) is 0 Å². The van der Waals surface area contributed by atoms with Gasteiger partial charge in [0.1, 0.15) is 0 Å². The molecule has 0 spiro atoms. The molecule has 2 rings (SSSR count). The van der Waals surface area contributed by atoms with E-state index in [2.05, 4.69) is 25.3 Å². The van der Waals surface area contributed by atoms with Crippen LogP contribution in [0.5, 0.6) is 0 Å². The highest BCUT2D eigenvalue weighted by atomic mass is 16.1. The molecular formula is C15H16O. The van der Waals surface area contributed by atoms with Crippen LogP contribution in [0, 0.1) is 0 Å². The van der Waals surface area contributed by atoms with Crippen molar-refractivity contribution in [2.24, 2.45) is 0 Å². The molecule has 16 heavy (non-hydrogen) atoms. The predicted molar refractivity (Wildman–Crippen MR) is 66.5 cm³/mol. The Labute approximate surface area is 96.5 Å². The predicted octanol–water partition coefficient (Wildman–Crippen LogP) is 3.20. The number of aryl methyl sites for hydroxylation is 1. The highest BCUT2D eigenvalue weighted by molar-refractivity contribution is 5.99. The van der Waals surface area contributed by atoms with Crippen LogP contribution in [0.25, 0.3) is 0 Å². The SMILES string of the molecule is C=CCC1(C(=O)C=C)CCc2ccccc21. The Morgan fingerprint density at radius 3 is 2.81 bits per heavy atom. The molecule has 0 bridgehead atoms. The zero-order valence-corrected chi connectivity index (χ0v) is 9.41. The van der Waals surface area contributed by atoms with Crippen molar-refractivity contribution in [1.82, 2.24) is 0 Å². The molecule has 1 heteroatoms. The van der Waals surface area contributed by atoms with Gasteiger partial charge in [0, 0.05) is 0 Å². The lowest BCUT2D eigenvalue weighted by Gasteiger charge is -2.26. The van der Waals surface area contributed by atoms with Crippen molar-refractivity contribution in [3.8, 4) is 0 Å². The average molecular weight is 212 g/mol. The van der Waals surface area contributed by atoms with E-state index in [9.17, 15) is 4.79 Å². The Hall–Kier alpha value is -1.63. The number of carbonyl (C=O) groups is 1. The first-order valence-electron chi connectivity index (χ1n) is 5.61. The van der Waals surface area contributed by atoms with Crippen molar-refractivity contribution < 1.29 is 4.79 Å². The second-order valence-electron chi connectivity index (χ2n) is 4.30. The summed E-state index contributed by atoms with van der Waals surface area (Å²) in [5, 5.41) is 0. The fraction of sp³-hybridized carbons (Fsp3) is 0.267. The molecule has 0 fully saturated rings. The van der Waals surface area contributed by atoms with Gasteiger partial charge in [0.05, 0.1) is 5.41 Å². The molecule has 1 aliphatic carbocycles. The van der Waals surface area contributed by atoms with Crippen LogP contribution in [0.2, 0.25) is 0 Å². The van der Waals surface area contributed by atoms with Crippen molar-refractivity contribution in [3.63, 3.8) is 0 Å². The molecule has 1 aliphatic rings. The van der Waals surface area contributed by atoms with Crippen LogP contribution in [0.3, 0.4) is 0 Å². The van der Waals surface area contributed by atoms with Crippen molar-refractivity contribution in [3.05, 3.63) is 60.7 Å². The first-order chi connectivity index (χ1) is 7.74. The van der Waals surface area contributed by atoms with E-state index in [1.807, 2.05) is 18.2 Å². The molecule has 0 aromatic heterocycles. The maximum absolute atomic E-state index is 12.1. The van der Waals surface area contributed by atoms with Crippen molar-refractivity contribution in [2.45, 2.75) is 24.7 Å². The summed E-state index contributed by atoms with van der Waals surface area (Å²) in [4.78, 5) is 12.1. The minimum atomic E-state index is -0.389. The van der Waals surface area contributed by atoms with Crippen molar-refractivity contribution in [2.75, 3.05) is 0 Å². The van der Waals surface area contributed by atoms with Gasteiger partial charge < -0.3 is 0 Å². The fourth-order valence-corrected chi connectivity index (χ4v) is 2.70. The summed E-state index contributed by atoms with van der Waals surface area (Å²) in [5.41, 5.74) is 2.07. The van der Waals surface area contributed by atoms with Gasteiger partial charge >= 0.3 is 0 Å². The van der Waals surface area contributed by atoms with Crippen LogP contribution in [0.15, 0.2) is 49.6 Å². The summed E-state index contributed by atoms with van der Waals surface area (Å²) in [7, 11) is 0. The van der Waals surface area contributed by atoms with Gasteiger partial charge in [-0.2, -0.15) is 0 Å². The monoisotopic (exact) mass is 212 g/mol. The van der Waals surface area contributed by atoms with Gasteiger partial charge in [0.15, 0.2) is 5.78 Å². The molecule has 0 aliphatic heterocycles. The lowest BCUT2D eigenvalue weighted by molar-refractivity contribution is -0.119. The Bertz CT molecular complexity index is 445.